The SMILES string of the molecule is O=C(OCCl)N1CC2CC(C1)c1cc3nccnc3cc12. The lowest BCUT2D eigenvalue weighted by Gasteiger charge is -2.31. The van der Waals surface area contributed by atoms with Gasteiger partial charge in [0, 0.05) is 37.3 Å². The molecule has 108 valence electrons. The summed E-state index contributed by atoms with van der Waals surface area (Å²) in [7, 11) is 0. The van der Waals surface area contributed by atoms with Crippen molar-refractivity contribution in [2.24, 2.45) is 0 Å². The molecule has 1 aliphatic heterocycles. The largest absolute Gasteiger partial charge is 0.433 e. The van der Waals surface area contributed by atoms with Crippen molar-refractivity contribution >= 4 is 28.7 Å². The molecule has 2 bridgehead atoms. The molecule has 0 N–H and O–H groups in total. The van der Waals surface area contributed by atoms with Crippen LogP contribution in [0.15, 0.2) is 24.5 Å². The van der Waals surface area contributed by atoms with Crippen molar-refractivity contribution < 1.29 is 9.53 Å². The number of hydrogen-bond acceptors (Lipinski definition) is 4. The van der Waals surface area contributed by atoms with Gasteiger partial charge in [-0.2, -0.15) is 0 Å². The topological polar surface area (TPSA) is 55.3 Å². The van der Waals surface area contributed by atoms with Gasteiger partial charge in [-0.25, -0.2) is 4.79 Å². The number of aromatic nitrogens is 2. The number of hydrogen-bond donors (Lipinski definition) is 0. The highest BCUT2D eigenvalue weighted by Crippen LogP contribution is 2.46. The van der Waals surface area contributed by atoms with Crippen LogP contribution in [0.5, 0.6) is 0 Å². The minimum Gasteiger partial charge on any atom is -0.433 e. The molecule has 1 saturated heterocycles. The van der Waals surface area contributed by atoms with E-state index in [1.54, 1.807) is 17.3 Å². The van der Waals surface area contributed by atoms with E-state index in [1.807, 2.05) is 0 Å². The summed E-state index contributed by atoms with van der Waals surface area (Å²) in [5.74, 6) is 0.709. The molecule has 2 aliphatic rings. The Labute approximate surface area is 126 Å². The first-order valence-electron chi connectivity index (χ1n) is 6.98. The first-order chi connectivity index (χ1) is 10.3. The molecule has 1 aromatic heterocycles. The van der Waals surface area contributed by atoms with Crippen LogP contribution in [0, 0.1) is 0 Å². The lowest BCUT2D eigenvalue weighted by atomic mass is 9.96. The highest BCUT2D eigenvalue weighted by molar-refractivity contribution is 6.17. The molecule has 1 aliphatic carbocycles. The molecule has 2 aromatic rings. The minimum absolute atomic E-state index is 0.102. The summed E-state index contributed by atoms with van der Waals surface area (Å²) < 4.78 is 4.91. The zero-order chi connectivity index (χ0) is 14.4. The Morgan fingerprint density at radius 1 is 1.19 bits per heavy atom. The molecular weight excluding hydrogens is 290 g/mol. The Bertz CT molecular complexity index is 671. The van der Waals surface area contributed by atoms with E-state index in [4.69, 9.17) is 16.3 Å². The van der Waals surface area contributed by atoms with Crippen molar-refractivity contribution in [2.45, 2.75) is 18.3 Å². The lowest BCUT2D eigenvalue weighted by molar-refractivity contribution is 0.104. The molecular formula is C15H14ClN3O2. The molecule has 4 rings (SSSR count). The molecule has 5 nitrogen and oxygen atoms in total. The maximum Gasteiger partial charge on any atom is 0.411 e. The third-order valence-corrected chi connectivity index (χ3v) is 4.55. The molecule has 2 atom stereocenters. The Morgan fingerprint density at radius 2 is 1.76 bits per heavy atom. The van der Waals surface area contributed by atoms with Crippen LogP contribution in [0.1, 0.15) is 29.4 Å². The van der Waals surface area contributed by atoms with Crippen LogP contribution in [0.25, 0.3) is 11.0 Å². The van der Waals surface area contributed by atoms with Crippen molar-refractivity contribution in [3.05, 3.63) is 35.7 Å². The molecule has 1 fully saturated rings. The van der Waals surface area contributed by atoms with Crippen molar-refractivity contribution in [2.75, 3.05) is 19.2 Å². The smallest absolute Gasteiger partial charge is 0.411 e. The maximum atomic E-state index is 11.9. The number of benzene rings is 1. The summed E-state index contributed by atoms with van der Waals surface area (Å²) >= 11 is 5.48. The summed E-state index contributed by atoms with van der Waals surface area (Å²) in [6, 6.07) is 4.15. The summed E-state index contributed by atoms with van der Waals surface area (Å²) in [4.78, 5) is 22.4. The van der Waals surface area contributed by atoms with Gasteiger partial charge in [-0.05, 0) is 29.7 Å². The predicted molar refractivity (Wildman–Crippen MR) is 78.4 cm³/mol. The molecule has 1 aromatic carbocycles. The number of carbonyl (C=O) groups is 1. The van der Waals surface area contributed by atoms with Crippen LogP contribution in [-0.4, -0.2) is 40.1 Å². The third-order valence-electron chi connectivity index (χ3n) is 4.44. The van der Waals surface area contributed by atoms with Gasteiger partial charge in [0.15, 0.2) is 6.07 Å². The van der Waals surface area contributed by atoms with Gasteiger partial charge in [-0.3, -0.25) is 9.97 Å². The number of rotatable bonds is 1. The normalized spacial score (nSPS) is 23.2. The monoisotopic (exact) mass is 303 g/mol. The summed E-state index contributed by atoms with van der Waals surface area (Å²) in [5.41, 5.74) is 4.43. The van der Waals surface area contributed by atoms with E-state index in [9.17, 15) is 4.79 Å². The molecule has 0 saturated carbocycles. The Morgan fingerprint density at radius 3 is 2.29 bits per heavy atom. The number of piperidine rings is 1. The van der Waals surface area contributed by atoms with Gasteiger partial charge in [0.1, 0.15) is 0 Å². The zero-order valence-electron chi connectivity index (χ0n) is 11.3. The molecule has 6 heteroatoms. The Balaban J connectivity index is 1.71. The summed E-state index contributed by atoms with van der Waals surface area (Å²) in [6.45, 7) is 1.37. The van der Waals surface area contributed by atoms with Gasteiger partial charge in [0.05, 0.1) is 11.0 Å². The van der Waals surface area contributed by atoms with Crippen LogP contribution in [-0.2, 0) is 4.74 Å². The van der Waals surface area contributed by atoms with Crippen molar-refractivity contribution in [1.82, 2.24) is 14.9 Å². The number of fused-ring (bicyclic) bond motifs is 6. The predicted octanol–water partition coefficient (Wildman–Crippen LogP) is 2.85. The lowest BCUT2D eigenvalue weighted by Crippen LogP contribution is -2.39. The number of ether oxygens (including phenoxy) is 1. The van der Waals surface area contributed by atoms with Crippen LogP contribution < -0.4 is 0 Å². The van der Waals surface area contributed by atoms with Gasteiger partial charge in [-0.1, -0.05) is 11.6 Å². The van der Waals surface area contributed by atoms with Gasteiger partial charge in [0.25, 0.3) is 0 Å². The van der Waals surface area contributed by atoms with E-state index in [0.717, 1.165) is 17.5 Å². The third kappa shape index (κ3) is 2.03. The van der Waals surface area contributed by atoms with Crippen LogP contribution in [0.3, 0.4) is 0 Å². The van der Waals surface area contributed by atoms with E-state index >= 15 is 0 Å². The molecule has 1 amide bonds. The summed E-state index contributed by atoms with van der Waals surface area (Å²) in [5, 5.41) is 0. The van der Waals surface area contributed by atoms with Crippen molar-refractivity contribution in [3.63, 3.8) is 0 Å². The van der Waals surface area contributed by atoms with Crippen molar-refractivity contribution in [3.8, 4) is 0 Å². The second-order valence-corrected chi connectivity index (χ2v) is 5.80. The highest BCUT2D eigenvalue weighted by Gasteiger charge is 2.40. The molecule has 0 spiro atoms. The molecule has 0 radical (unpaired) electrons. The second-order valence-electron chi connectivity index (χ2n) is 5.58. The van der Waals surface area contributed by atoms with Crippen molar-refractivity contribution in [1.29, 1.82) is 0 Å². The van der Waals surface area contributed by atoms with E-state index in [0.29, 0.717) is 24.9 Å². The fraction of sp³-hybridized carbons (Fsp3) is 0.400. The highest BCUT2D eigenvalue weighted by atomic mass is 35.5. The number of alkyl halides is 1. The number of likely N-dealkylation sites (tertiary alicyclic amines) is 1. The molecule has 2 unspecified atom stereocenters. The maximum absolute atomic E-state index is 11.9. The number of amides is 1. The number of halogens is 1. The second kappa shape index (κ2) is 4.84. The van der Waals surface area contributed by atoms with E-state index in [-0.39, 0.29) is 12.2 Å². The minimum atomic E-state index is -0.326. The fourth-order valence-electron chi connectivity index (χ4n) is 3.59. The molecule has 2 heterocycles. The van der Waals surface area contributed by atoms with Crippen LogP contribution in [0.2, 0.25) is 0 Å². The average molecular weight is 304 g/mol. The van der Waals surface area contributed by atoms with E-state index < -0.39 is 0 Å². The van der Waals surface area contributed by atoms with Crippen LogP contribution >= 0.6 is 11.6 Å². The fourth-order valence-corrected chi connectivity index (χ4v) is 3.68. The van der Waals surface area contributed by atoms with Gasteiger partial charge >= 0.3 is 6.09 Å². The first-order valence-corrected chi connectivity index (χ1v) is 7.52. The number of nitrogens with zero attached hydrogens (tertiary/aromatic N) is 3. The Hall–Kier alpha value is -1.88. The average Bonchev–Trinajstić information content (AvgIpc) is 2.76. The van der Waals surface area contributed by atoms with E-state index in [1.165, 1.54) is 11.1 Å². The number of carbonyl (C=O) groups excluding carboxylic acids is 1. The van der Waals surface area contributed by atoms with Gasteiger partial charge in [0.2, 0.25) is 0 Å². The Kier molecular flexibility index (Phi) is 2.96. The van der Waals surface area contributed by atoms with Crippen LogP contribution in [0.4, 0.5) is 4.79 Å². The summed E-state index contributed by atoms with van der Waals surface area (Å²) in [6.07, 6.45) is 4.17. The van der Waals surface area contributed by atoms with Gasteiger partial charge < -0.3 is 9.64 Å². The quantitative estimate of drug-likeness (QED) is 0.760. The standard InChI is InChI=1S/C15H14ClN3O2/c16-8-21-15(20)19-6-9-3-10(7-19)12-5-14-13(4-11(9)12)17-1-2-18-14/h1-2,4-5,9-10H,3,6-8H2. The zero-order valence-corrected chi connectivity index (χ0v) is 12.1. The first kappa shape index (κ1) is 12.8. The van der Waals surface area contributed by atoms with Gasteiger partial charge in [-0.15, -0.1) is 0 Å². The van der Waals surface area contributed by atoms with E-state index in [2.05, 4.69) is 22.1 Å². The molecule has 21 heavy (non-hydrogen) atoms.